The Kier molecular flexibility index (Phi) is 2.92. The van der Waals surface area contributed by atoms with Crippen LogP contribution in [0.4, 0.5) is 11.4 Å². The standard InChI is InChI=1S/C19H18N2O4/c20-13-7-16-17(25-10-24-16)8-14(13)21-18(22)12-9-19(12)5-6-23-15-4-2-1-3-11(15)19/h1-4,7-8,12H,5-6,9-10,20H2,(H,21,22)/t12-,19-/m0/s1. The van der Waals surface area contributed by atoms with E-state index < -0.39 is 0 Å². The monoisotopic (exact) mass is 338 g/mol. The van der Waals surface area contributed by atoms with Crippen LogP contribution in [0.1, 0.15) is 18.4 Å². The number of ether oxygens (including phenoxy) is 3. The number of carbonyl (C=O) groups excluding carboxylic acids is 1. The van der Waals surface area contributed by atoms with Crippen molar-refractivity contribution in [2.24, 2.45) is 5.92 Å². The van der Waals surface area contributed by atoms with Crippen LogP contribution in [0.5, 0.6) is 17.2 Å². The van der Waals surface area contributed by atoms with E-state index >= 15 is 0 Å². The highest BCUT2D eigenvalue weighted by Crippen LogP contribution is 2.61. The normalized spacial score (nSPS) is 25.2. The zero-order valence-electron chi connectivity index (χ0n) is 13.6. The number of carbonyl (C=O) groups is 1. The topological polar surface area (TPSA) is 82.8 Å². The van der Waals surface area contributed by atoms with E-state index in [0.29, 0.717) is 29.5 Å². The molecule has 25 heavy (non-hydrogen) atoms. The average Bonchev–Trinajstić information content (AvgIpc) is 3.15. The van der Waals surface area contributed by atoms with Crippen molar-refractivity contribution in [2.75, 3.05) is 24.5 Å². The fraction of sp³-hybridized carbons (Fsp3) is 0.316. The van der Waals surface area contributed by atoms with E-state index in [2.05, 4.69) is 11.4 Å². The molecule has 2 aromatic rings. The highest BCUT2D eigenvalue weighted by Gasteiger charge is 2.61. The first-order valence-electron chi connectivity index (χ1n) is 8.40. The van der Waals surface area contributed by atoms with Crippen LogP contribution in [0.25, 0.3) is 0 Å². The number of rotatable bonds is 2. The summed E-state index contributed by atoms with van der Waals surface area (Å²) in [6.45, 7) is 0.821. The largest absolute Gasteiger partial charge is 0.493 e. The van der Waals surface area contributed by atoms with Crippen molar-refractivity contribution in [2.45, 2.75) is 18.3 Å². The molecule has 2 atom stereocenters. The summed E-state index contributed by atoms with van der Waals surface area (Å²) in [4.78, 5) is 12.8. The van der Waals surface area contributed by atoms with Gasteiger partial charge in [0.2, 0.25) is 12.7 Å². The number of hydrogen-bond acceptors (Lipinski definition) is 5. The lowest BCUT2D eigenvalue weighted by Gasteiger charge is -2.26. The van der Waals surface area contributed by atoms with Crippen LogP contribution in [-0.2, 0) is 10.2 Å². The molecule has 0 radical (unpaired) electrons. The van der Waals surface area contributed by atoms with Crippen molar-refractivity contribution >= 4 is 17.3 Å². The van der Waals surface area contributed by atoms with E-state index in [1.54, 1.807) is 12.1 Å². The van der Waals surface area contributed by atoms with Crippen molar-refractivity contribution in [1.29, 1.82) is 0 Å². The van der Waals surface area contributed by atoms with E-state index in [9.17, 15) is 4.79 Å². The molecule has 0 bridgehead atoms. The van der Waals surface area contributed by atoms with E-state index in [4.69, 9.17) is 19.9 Å². The summed E-state index contributed by atoms with van der Waals surface area (Å²) in [5, 5.41) is 2.96. The molecule has 2 aromatic carbocycles. The van der Waals surface area contributed by atoms with Gasteiger partial charge in [-0.25, -0.2) is 0 Å². The quantitative estimate of drug-likeness (QED) is 0.823. The number of benzene rings is 2. The van der Waals surface area contributed by atoms with Crippen LogP contribution in [0.2, 0.25) is 0 Å². The van der Waals surface area contributed by atoms with Crippen molar-refractivity contribution in [1.82, 2.24) is 0 Å². The fourth-order valence-corrected chi connectivity index (χ4v) is 3.99. The minimum absolute atomic E-state index is 0.0118. The van der Waals surface area contributed by atoms with Gasteiger partial charge >= 0.3 is 0 Å². The Bertz CT molecular complexity index is 882. The van der Waals surface area contributed by atoms with Crippen molar-refractivity contribution < 1.29 is 19.0 Å². The van der Waals surface area contributed by atoms with Crippen molar-refractivity contribution in [3.63, 3.8) is 0 Å². The second-order valence-electron chi connectivity index (χ2n) is 6.79. The molecule has 6 heteroatoms. The van der Waals surface area contributed by atoms with Crippen LogP contribution in [-0.4, -0.2) is 19.3 Å². The predicted molar refractivity (Wildman–Crippen MR) is 91.9 cm³/mol. The lowest BCUT2D eigenvalue weighted by Crippen LogP contribution is -2.26. The molecule has 3 N–H and O–H groups in total. The van der Waals surface area contributed by atoms with Gasteiger partial charge in [-0.15, -0.1) is 0 Å². The predicted octanol–water partition coefficient (Wildman–Crippen LogP) is 2.68. The number of fused-ring (bicyclic) bond motifs is 3. The fourth-order valence-electron chi connectivity index (χ4n) is 3.99. The lowest BCUT2D eigenvalue weighted by molar-refractivity contribution is -0.117. The Labute approximate surface area is 144 Å². The Morgan fingerprint density at radius 1 is 1.12 bits per heavy atom. The van der Waals surface area contributed by atoms with Gasteiger partial charge in [0.05, 0.1) is 18.0 Å². The number of amides is 1. The minimum Gasteiger partial charge on any atom is -0.493 e. The maximum absolute atomic E-state index is 12.8. The Balaban J connectivity index is 1.39. The molecule has 3 aliphatic rings. The SMILES string of the molecule is Nc1cc2c(cc1NC(=O)[C@@H]1C[C@]13CCOc1ccccc13)OCO2. The summed E-state index contributed by atoms with van der Waals surface area (Å²) in [7, 11) is 0. The van der Waals surface area contributed by atoms with E-state index in [0.717, 1.165) is 24.2 Å². The first kappa shape index (κ1) is 14.5. The molecule has 0 unspecified atom stereocenters. The minimum atomic E-state index is -0.107. The molecule has 0 aromatic heterocycles. The molecule has 1 fully saturated rings. The third-order valence-corrected chi connectivity index (χ3v) is 5.42. The maximum atomic E-state index is 12.8. The van der Waals surface area contributed by atoms with Crippen LogP contribution in [0.15, 0.2) is 36.4 Å². The van der Waals surface area contributed by atoms with E-state index in [1.165, 1.54) is 0 Å². The Hall–Kier alpha value is -2.89. The average molecular weight is 338 g/mol. The van der Waals surface area contributed by atoms with Gasteiger partial charge in [-0.05, 0) is 18.9 Å². The zero-order valence-corrected chi connectivity index (χ0v) is 13.6. The summed E-state index contributed by atoms with van der Waals surface area (Å²) in [6, 6.07) is 11.4. The number of anilines is 2. The summed E-state index contributed by atoms with van der Waals surface area (Å²) < 4.78 is 16.4. The molecule has 1 aliphatic carbocycles. The number of nitrogens with one attached hydrogen (secondary N) is 1. The first-order chi connectivity index (χ1) is 12.2. The molecule has 6 nitrogen and oxygen atoms in total. The van der Waals surface area contributed by atoms with Gasteiger partial charge in [0, 0.05) is 29.0 Å². The lowest BCUT2D eigenvalue weighted by atomic mass is 9.87. The maximum Gasteiger partial charge on any atom is 0.231 e. The van der Waals surface area contributed by atoms with Crippen molar-refractivity contribution in [3.8, 4) is 17.2 Å². The Morgan fingerprint density at radius 3 is 2.80 bits per heavy atom. The smallest absolute Gasteiger partial charge is 0.231 e. The molecular formula is C19H18N2O4. The second kappa shape index (κ2) is 5.05. The van der Waals surface area contributed by atoms with Gasteiger partial charge < -0.3 is 25.3 Å². The first-order valence-corrected chi connectivity index (χ1v) is 8.40. The van der Waals surface area contributed by atoms with Crippen molar-refractivity contribution in [3.05, 3.63) is 42.0 Å². The number of hydrogen-bond donors (Lipinski definition) is 2. The number of nitrogens with two attached hydrogens (primary N) is 1. The third-order valence-electron chi connectivity index (χ3n) is 5.42. The highest BCUT2D eigenvalue weighted by atomic mass is 16.7. The van der Waals surface area contributed by atoms with Gasteiger partial charge in [-0.1, -0.05) is 18.2 Å². The number of para-hydroxylation sites is 1. The second-order valence-corrected chi connectivity index (χ2v) is 6.79. The summed E-state index contributed by atoms with van der Waals surface area (Å²) in [5.74, 6) is 2.03. The molecular weight excluding hydrogens is 320 g/mol. The molecule has 1 saturated carbocycles. The summed E-state index contributed by atoms with van der Waals surface area (Å²) in [5.41, 5.74) is 8.11. The Morgan fingerprint density at radius 2 is 1.92 bits per heavy atom. The van der Waals surface area contributed by atoms with Crippen LogP contribution in [0.3, 0.4) is 0 Å². The highest BCUT2D eigenvalue weighted by molar-refractivity contribution is 5.99. The zero-order chi connectivity index (χ0) is 17.0. The molecule has 128 valence electrons. The molecule has 0 saturated heterocycles. The van der Waals surface area contributed by atoms with Gasteiger partial charge in [-0.3, -0.25) is 4.79 Å². The molecule has 2 heterocycles. The molecule has 1 spiro atoms. The van der Waals surface area contributed by atoms with Gasteiger partial charge in [-0.2, -0.15) is 0 Å². The molecule has 1 amide bonds. The third kappa shape index (κ3) is 2.13. The summed E-state index contributed by atoms with van der Waals surface area (Å²) in [6.07, 6.45) is 1.70. The van der Waals surface area contributed by atoms with Crippen LogP contribution in [0, 0.1) is 5.92 Å². The van der Waals surface area contributed by atoms with Crippen LogP contribution >= 0.6 is 0 Å². The van der Waals surface area contributed by atoms with Crippen LogP contribution < -0.4 is 25.3 Å². The number of nitrogen functional groups attached to an aromatic ring is 1. The van der Waals surface area contributed by atoms with E-state index in [1.807, 2.05) is 18.2 Å². The molecule has 2 aliphatic heterocycles. The van der Waals surface area contributed by atoms with Gasteiger partial charge in [0.1, 0.15) is 5.75 Å². The summed E-state index contributed by atoms with van der Waals surface area (Å²) >= 11 is 0. The molecule has 5 rings (SSSR count). The van der Waals surface area contributed by atoms with Gasteiger partial charge in [0.25, 0.3) is 0 Å². The van der Waals surface area contributed by atoms with E-state index in [-0.39, 0.29) is 24.0 Å². The van der Waals surface area contributed by atoms with Gasteiger partial charge in [0.15, 0.2) is 11.5 Å².